The molecule has 2 rings (SSSR count). The van der Waals surface area contributed by atoms with E-state index in [0.29, 0.717) is 6.29 Å². The Kier molecular flexibility index (Phi) is 4.46. The Morgan fingerprint density at radius 2 is 1.75 bits per heavy atom. The molecule has 20 heavy (non-hydrogen) atoms. The maximum atomic E-state index is 11.4. The minimum absolute atomic E-state index is 0.123. The lowest BCUT2D eigenvalue weighted by Crippen LogP contribution is -2.09. The molecule has 0 spiro atoms. The second-order valence-electron chi connectivity index (χ2n) is 4.86. The average Bonchev–Trinajstić information content (AvgIpc) is 2.48. The fourth-order valence-corrected chi connectivity index (χ4v) is 2.39. The van der Waals surface area contributed by atoms with Crippen molar-refractivity contribution in [2.45, 2.75) is 26.2 Å². The summed E-state index contributed by atoms with van der Waals surface area (Å²) >= 11 is 0. The molecule has 0 fully saturated rings. The first kappa shape index (κ1) is 14.2. The molecule has 1 atom stereocenters. The highest BCUT2D eigenvalue weighted by Gasteiger charge is 2.15. The first-order valence-electron chi connectivity index (χ1n) is 6.81. The lowest BCUT2D eigenvalue weighted by Gasteiger charge is -2.10. The van der Waals surface area contributed by atoms with E-state index in [9.17, 15) is 9.59 Å². The van der Waals surface area contributed by atoms with Gasteiger partial charge in [0.05, 0.1) is 5.92 Å². The van der Waals surface area contributed by atoms with Crippen LogP contribution in [0.25, 0.3) is 11.1 Å². The van der Waals surface area contributed by atoms with Crippen molar-refractivity contribution < 1.29 is 9.59 Å². The quantitative estimate of drug-likeness (QED) is 0.609. The van der Waals surface area contributed by atoms with Crippen LogP contribution < -0.4 is 0 Å². The van der Waals surface area contributed by atoms with Crippen molar-refractivity contribution in [3.8, 4) is 11.1 Å². The zero-order valence-corrected chi connectivity index (χ0v) is 11.8. The number of Topliss-reactive ketones (excluding diaryl/α,β-unsaturated/α-hetero) is 1. The first-order chi connectivity index (χ1) is 9.67. The summed E-state index contributed by atoms with van der Waals surface area (Å²) in [6, 6.07) is 15.9. The summed E-state index contributed by atoms with van der Waals surface area (Å²) in [6.07, 6.45) is 1.68. The van der Waals surface area contributed by atoms with Crippen molar-refractivity contribution in [1.82, 2.24) is 0 Å². The van der Waals surface area contributed by atoms with Crippen LogP contribution in [-0.2, 0) is 16.0 Å². The molecule has 2 heteroatoms. The molecule has 0 aliphatic carbocycles. The molecule has 0 N–H and O–H groups in total. The Hall–Kier alpha value is -2.22. The van der Waals surface area contributed by atoms with E-state index >= 15 is 0 Å². The topological polar surface area (TPSA) is 34.1 Å². The molecular formula is C18H18O2. The van der Waals surface area contributed by atoms with E-state index in [1.165, 1.54) is 18.1 Å². The smallest absolute Gasteiger partial charge is 0.144 e. The fourth-order valence-electron chi connectivity index (χ4n) is 2.39. The van der Waals surface area contributed by atoms with Gasteiger partial charge in [-0.05, 0) is 35.6 Å². The predicted molar refractivity (Wildman–Crippen MR) is 80.7 cm³/mol. The van der Waals surface area contributed by atoms with E-state index in [-0.39, 0.29) is 5.78 Å². The Morgan fingerprint density at radius 3 is 2.30 bits per heavy atom. The van der Waals surface area contributed by atoms with Crippen LogP contribution in [0, 0.1) is 0 Å². The molecule has 0 amide bonds. The number of carbonyl (C=O) groups is 2. The Morgan fingerprint density at radius 1 is 1.10 bits per heavy atom. The van der Waals surface area contributed by atoms with Crippen LogP contribution in [0.5, 0.6) is 0 Å². The van der Waals surface area contributed by atoms with Gasteiger partial charge in [-0.2, -0.15) is 0 Å². The van der Waals surface area contributed by atoms with Crippen molar-refractivity contribution in [3.05, 3.63) is 59.7 Å². The van der Waals surface area contributed by atoms with Gasteiger partial charge in [-0.25, -0.2) is 0 Å². The molecule has 2 nitrogen and oxygen atoms in total. The number of aldehydes is 1. The summed E-state index contributed by atoms with van der Waals surface area (Å²) in [7, 11) is 0. The molecular weight excluding hydrogens is 248 g/mol. The Balaban J connectivity index is 2.37. The van der Waals surface area contributed by atoms with Gasteiger partial charge in [0, 0.05) is 0 Å². The number of hydrogen-bond donors (Lipinski definition) is 0. The summed E-state index contributed by atoms with van der Waals surface area (Å²) in [5.74, 6) is -0.771. The monoisotopic (exact) mass is 266 g/mol. The lowest BCUT2D eigenvalue weighted by molar-refractivity contribution is -0.122. The van der Waals surface area contributed by atoms with Crippen molar-refractivity contribution in [2.24, 2.45) is 0 Å². The van der Waals surface area contributed by atoms with E-state index in [1.54, 1.807) is 0 Å². The van der Waals surface area contributed by atoms with Crippen molar-refractivity contribution in [1.29, 1.82) is 0 Å². The highest BCUT2D eigenvalue weighted by Crippen LogP contribution is 2.26. The molecule has 2 aromatic rings. The average molecular weight is 266 g/mol. The highest BCUT2D eigenvalue weighted by molar-refractivity contribution is 5.97. The van der Waals surface area contributed by atoms with Gasteiger partial charge in [-0.3, -0.25) is 4.79 Å². The van der Waals surface area contributed by atoms with E-state index in [1.807, 2.05) is 36.4 Å². The van der Waals surface area contributed by atoms with Gasteiger partial charge in [0.2, 0.25) is 0 Å². The molecule has 0 aliphatic heterocycles. The van der Waals surface area contributed by atoms with Crippen molar-refractivity contribution in [2.75, 3.05) is 0 Å². The number of aryl methyl sites for hydroxylation is 1. The summed E-state index contributed by atoms with van der Waals surface area (Å²) in [4.78, 5) is 22.4. The van der Waals surface area contributed by atoms with E-state index < -0.39 is 5.92 Å². The van der Waals surface area contributed by atoms with Crippen LogP contribution >= 0.6 is 0 Å². The van der Waals surface area contributed by atoms with Crippen LogP contribution in [0.4, 0.5) is 0 Å². The van der Waals surface area contributed by atoms with Crippen LogP contribution in [0.2, 0.25) is 0 Å². The van der Waals surface area contributed by atoms with Gasteiger partial charge in [0.15, 0.2) is 0 Å². The number of benzene rings is 2. The van der Waals surface area contributed by atoms with Gasteiger partial charge in [-0.15, -0.1) is 0 Å². The molecule has 0 aliphatic rings. The summed E-state index contributed by atoms with van der Waals surface area (Å²) in [5, 5.41) is 0. The van der Waals surface area contributed by atoms with E-state index in [0.717, 1.165) is 17.5 Å². The standard InChI is InChI=1S/C18H18O2/c1-3-14-6-4-5-7-17(14)15-8-10-16(11-9-15)18(12-19)13(2)20/h4-12,18H,3H2,1-2H3. The van der Waals surface area contributed by atoms with Gasteiger partial charge in [-0.1, -0.05) is 55.5 Å². The third-order valence-electron chi connectivity index (χ3n) is 3.55. The summed E-state index contributed by atoms with van der Waals surface area (Å²) in [5.41, 5.74) is 4.36. The second-order valence-corrected chi connectivity index (χ2v) is 4.86. The Bertz CT molecular complexity index is 612. The number of hydrogen-bond acceptors (Lipinski definition) is 2. The highest BCUT2D eigenvalue weighted by atomic mass is 16.1. The molecule has 2 aromatic carbocycles. The maximum absolute atomic E-state index is 11.4. The van der Waals surface area contributed by atoms with Crippen LogP contribution in [0.3, 0.4) is 0 Å². The minimum Gasteiger partial charge on any atom is -0.302 e. The largest absolute Gasteiger partial charge is 0.302 e. The van der Waals surface area contributed by atoms with Crippen LogP contribution in [-0.4, -0.2) is 12.1 Å². The zero-order valence-electron chi connectivity index (χ0n) is 11.8. The van der Waals surface area contributed by atoms with Crippen molar-refractivity contribution in [3.63, 3.8) is 0 Å². The van der Waals surface area contributed by atoms with E-state index in [2.05, 4.69) is 19.1 Å². The zero-order chi connectivity index (χ0) is 14.5. The summed E-state index contributed by atoms with van der Waals surface area (Å²) < 4.78 is 0. The third-order valence-corrected chi connectivity index (χ3v) is 3.55. The molecule has 0 bridgehead atoms. The maximum Gasteiger partial charge on any atom is 0.144 e. The van der Waals surface area contributed by atoms with E-state index in [4.69, 9.17) is 0 Å². The van der Waals surface area contributed by atoms with Gasteiger partial charge < -0.3 is 4.79 Å². The molecule has 102 valence electrons. The second kappa shape index (κ2) is 6.29. The van der Waals surface area contributed by atoms with Crippen LogP contribution in [0.15, 0.2) is 48.5 Å². The lowest BCUT2D eigenvalue weighted by atomic mass is 9.93. The van der Waals surface area contributed by atoms with Gasteiger partial charge >= 0.3 is 0 Å². The van der Waals surface area contributed by atoms with Gasteiger partial charge in [0.25, 0.3) is 0 Å². The number of rotatable bonds is 5. The molecule has 0 saturated carbocycles. The predicted octanol–water partition coefficient (Wildman–Crippen LogP) is 3.79. The fraction of sp³-hybridized carbons (Fsp3) is 0.222. The van der Waals surface area contributed by atoms with Crippen molar-refractivity contribution >= 4 is 12.1 Å². The summed E-state index contributed by atoms with van der Waals surface area (Å²) in [6.45, 7) is 3.57. The third kappa shape index (κ3) is 2.85. The van der Waals surface area contributed by atoms with Crippen LogP contribution in [0.1, 0.15) is 30.9 Å². The molecule has 0 heterocycles. The number of ketones is 1. The Labute approximate surface area is 119 Å². The SMILES string of the molecule is CCc1ccccc1-c1ccc(C(C=O)C(C)=O)cc1. The van der Waals surface area contributed by atoms with Gasteiger partial charge in [0.1, 0.15) is 12.1 Å². The normalized spacial score (nSPS) is 11.9. The number of carbonyl (C=O) groups excluding carboxylic acids is 2. The molecule has 1 unspecified atom stereocenters. The minimum atomic E-state index is -0.648. The first-order valence-corrected chi connectivity index (χ1v) is 6.81. The molecule has 0 aromatic heterocycles. The molecule has 0 radical (unpaired) electrons. The molecule has 0 saturated heterocycles.